The summed E-state index contributed by atoms with van der Waals surface area (Å²) in [6.07, 6.45) is 3.09. The number of aromatic nitrogens is 1. The summed E-state index contributed by atoms with van der Waals surface area (Å²) < 4.78 is 0. The molecule has 3 rings (SSSR count). The van der Waals surface area contributed by atoms with E-state index in [4.69, 9.17) is 11.6 Å². The summed E-state index contributed by atoms with van der Waals surface area (Å²) in [4.78, 5) is 30.0. The number of carbonyl (C=O) groups excluding carboxylic acids is 2. The maximum Gasteiger partial charge on any atom is 0.263 e. The van der Waals surface area contributed by atoms with Crippen LogP contribution in [0.4, 0.5) is 5.69 Å². The Morgan fingerprint density at radius 1 is 1.09 bits per heavy atom. The highest BCUT2D eigenvalue weighted by Gasteiger charge is 2.30. The Bertz CT molecular complexity index is 764. The molecule has 0 unspecified atom stereocenters. The van der Waals surface area contributed by atoms with Gasteiger partial charge in [0.1, 0.15) is 13.1 Å². The Balaban J connectivity index is 1.74. The molecule has 23 heavy (non-hydrogen) atoms. The van der Waals surface area contributed by atoms with Gasteiger partial charge in [-0.15, -0.1) is 0 Å². The Morgan fingerprint density at radius 3 is 2.70 bits per heavy atom. The molecule has 1 aromatic heterocycles. The number of rotatable bonds is 3. The first-order chi connectivity index (χ1) is 11.1. The first kappa shape index (κ1) is 15.2. The monoisotopic (exact) mass is 328 g/mol. The van der Waals surface area contributed by atoms with Crippen LogP contribution in [0.2, 0.25) is 5.02 Å². The second-order valence-corrected chi connectivity index (χ2v) is 5.35. The van der Waals surface area contributed by atoms with Crippen LogP contribution in [0.3, 0.4) is 0 Å². The Labute approximate surface area is 138 Å². The SMILES string of the molecule is O=C1CN(c2cccc(Cl)c2)C(=O)CN1/N=C/c1ccccn1. The van der Waals surface area contributed by atoms with E-state index in [2.05, 4.69) is 10.1 Å². The third-order valence-corrected chi connectivity index (χ3v) is 3.54. The molecule has 0 atom stereocenters. The minimum Gasteiger partial charge on any atom is -0.301 e. The van der Waals surface area contributed by atoms with Crippen LogP contribution in [0.5, 0.6) is 0 Å². The fourth-order valence-electron chi connectivity index (χ4n) is 2.17. The highest BCUT2D eigenvalue weighted by Crippen LogP contribution is 2.21. The number of hydrogen-bond donors (Lipinski definition) is 0. The van der Waals surface area contributed by atoms with Crippen molar-refractivity contribution in [3.63, 3.8) is 0 Å². The Kier molecular flexibility index (Phi) is 4.34. The van der Waals surface area contributed by atoms with Crippen LogP contribution in [-0.2, 0) is 9.59 Å². The molecule has 2 heterocycles. The van der Waals surface area contributed by atoms with Gasteiger partial charge in [0.2, 0.25) is 5.91 Å². The molecular weight excluding hydrogens is 316 g/mol. The molecule has 2 aromatic rings. The number of hydrazone groups is 1. The maximum atomic E-state index is 12.3. The summed E-state index contributed by atoms with van der Waals surface area (Å²) in [5, 5.41) is 5.72. The topological polar surface area (TPSA) is 65.9 Å². The fourth-order valence-corrected chi connectivity index (χ4v) is 2.36. The summed E-state index contributed by atoms with van der Waals surface area (Å²) in [5.74, 6) is -0.484. The second kappa shape index (κ2) is 6.58. The average molecular weight is 329 g/mol. The lowest BCUT2D eigenvalue weighted by Crippen LogP contribution is -2.52. The predicted octanol–water partition coefficient (Wildman–Crippen LogP) is 1.94. The van der Waals surface area contributed by atoms with E-state index in [-0.39, 0.29) is 24.9 Å². The van der Waals surface area contributed by atoms with Crippen LogP contribution >= 0.6 is 11.6 Å². The lowest BCUT2D eigenvalue weighted by molar-refractivity contribution is -0.138. The zero-order chi connectivity index (χ0) is 16.2. The zero-order valence-electron chi connectivity index (χ0n) is 12.1. The highest BCUT2D eigenvalue weighted by molar-refractivity contribution is 6.31. The molecule has 6 nitrogen and oxygen atoms in total. The van der Waals surface area contributed by atoms with Crippen molar-refractivity contribution < 1.29 is 9.59 Å². The van der Waals surface area contributed by atoms with Crippen LogP contribution in [0.25, 0.3) is 0 Å². The van der Waals surface area contributed by atoms with Gasteiger partial charge >= 0.3 is 0 Å². The molecule has 116 valence electrons. The highest BCUT2D eigenvalue weighted by atomic mass is 35.5. The van der Waals surface area contributed by atoms with Gasteiger partial charge in [-0.3, -0.25) is 14.6 Å². The Hall–Kier alpha value is -2.73. The maximum absolute atomic E-state index is 12.3. The van der Waals surface area contributed by atoms with Crippen molar-refractivity contribution in [2.24, 2.45) is 5.10 Å². The van der Waals surface area contributed by atoms with E-state index in [0.29, 0.717) is 16.4 Å². The number of anilines is 1. The van der Waals surface area contributed by atoms with E-state index in [1.165, 1.54) is 11.1 Å². The van der Waals surface area contributed by atoms with Crippen LogP contribution in [-0.4, -0.2) is 41.1 Å². The van der Waals surface area contributed by atoms with Gasteiger partial charge in [-0.2, -0.15) is 5.10 Å². The van der Waals surface area contributed by atoms with E-state index in [1.807, 2.05) is 6.07 Å². The van der Waals surface area contributed by atoms with Crippen molar-refractivity contribution >= 4 is 35.3 Å². The average Bonchev–Trinajstić information content (AvgIpc) is 2.56. The van der Waals surface area contributed by atoms with E-state index in [0.717, 1.165) is 5.01 Å². The minimum atomic E-state index is -0.267. The lowest BCUT2D eigenvalue weighted by atomic mass is 10.2. The first-order valence-corrected chi connectivity index (χ1v) is 7.32. The standard InChI is InChI=1S/C16H13ClN4O2/c17-12-4-3-6-14(8-12)20-10-16(23)21(11-15(20)22)19-9-13-5-1-2-7-18-13/h1-9H,10-11H2/b19-9+. The number of amides is 2. The van der Waals surface area contributed by atoms with Crippen molar-refractivity contribution in [2.75, 3.05) is 18.0 Å². The third kappa shape index (κ3) is 3.54. The summed E-state index contributed by atoms with van der Waals surface area (Å²) >= 11 is 5.93. The molecule has 2 amide bonds. The number of benzene rings is 1. The van der Waals surface area contributed by atoms with Crippen LogP contribution in [0.1, 0.15) is 5.69 Å². The molecule has 1 aromatic carbocycles. The normalized spacial score (nSPS) is 15.5. The van der Waals surface area contributed by atoms with Crippen LogP contribution < -0.4 is 4.90 Å². The molecule has 0 aliphatic carbocycles. The molecule has 7 heteroatoms. The zero-order valence-corrected chi connectivity index (χ0v) is 12.8. The van der Waals surface area contributed by atoms with Gasteiger partial charge in [0.15, 0.2) is 0 Å². The van der Waals surface area contributed by atoms with Gasteiger partial charge in [-0.25, -0.2) is 5.01 Å². The summed E-state index contributed by atoms with van der Waals surface area (Å²) in [5.41, 5.74) is 1.22. The van der Waals surface area contributed by atoms with Gasteiger partial charge < -0.3 is 4.90 Å². The molecule has 1 fully saturated rings. The lowest BCUT2D eigenvalue weighted by Gasteiger charge is -2.31. The number of piperazine rings is 1. The smallest absolute Gasteiger partial charge is 0.263 e. The van der Waals surface area contributed by atoms with Crippen molar-refractivity contribution in [1.29, 1.82) is 0 Å². The summed E-state index contributed by atoms with van der Waals surface area (Å²) in [6.45, 7) is -0.187. The number of hydrogen-bond acceptors (Lipinski definition) is 4. The predicted molar refractivity (Wildman–Crippen MR) is 87.3 cm³/mol. The third-order valence-electron chi connectivity index (χ3n) is 3.30. The Morgan fingerprint density at radius 2 is 1.96 bits per heavy atom. The van der Waals surface area contributed by atoms with Crippen LogP contribution in [0.15, 0.2) is 53.8 Å². The van der Waals surface area contributed by atoms with Gasteiger partial charge in [0, 0.05) is 16.9 Å². The van der Waals surface area contributed by atoms with Crippen molar-refractivity contribution in [3.05, 3.63) is 59.4 Å². The number of nitrogens with zero attached hydrogens (tertiary/aromatic N) is 4. The van der Waals surface area contributed by atoms with E-state index >= 15 is 0 Å². The van der Waals surface area contributed by atoms with Gasteiger partial charge in [-0.05, 0) is 30.3 Å². The fraction of sp³-hybridized carbons (Fsp3) is 0.125. The number of carbonyl (C=O) groups is 2. The molecule has 0 bridgehead atoms. The molecule has 0 saturated carbocycles. The van der Waals surface area contributed by atoms with Crippen molar-refractivity contribution in [1.82, 2.24) is 9.99 Å². The first-order valence-electron chi connectivity index (χ1n) is 6.95. The van der Waals surface area contributed by atoms with Crippen molar-refractivity contribution in [3.8, 4) is 0 Å². The minimum absolute atomic E-state index is 0.0707. The quantitative estimate of drug-likeness (QED) is 0.809. The molecule has 0 spiro atoms. The molecule has 0 N–H and O–H groups in total. The largest absolute Gasteiger partial charge is 0.301 e. The van der Waals surface area contributed by atoms with Crippen molar-refractivity contribution in [2.45, 2.75) is 0 Å². The second-order valence-electron chi connectivity index (χ2n) is 4.91. The van der Waals surface area contributed by atoms with Gasteiger partial charge in [0.25, 0.3) is 5.91 Å². The van der Waals surface area contributed by atoms with Crippen LogP contribution in [0, 0.1) is 0 Å². The molecule has 1 aliphatic rings. The molecule has 0 radical (unpaired) electrons. The summed E-state index contributed by atoms with van der Waals surface area (Å²) in [7, 11) is 0. The van der Waals surface area contributed by atoms with E-state index in [9.17, 15) is 9.59 Å². The van der Waals surface area contributed by atoms with Gasteiger partial charge in [0.05, 0.1) is 11.9 Å². The summed E-state index contributed by atoms with van der Waals surface area (Å²) in [6, 6.07) is 12.2. The molecule has 1 saturated heterocycles. The van der Waals surface area contributed by atoms with E-state index < -0.39 is 0 Å². The number of halogens is 1. The van der Waals surface area contributed by atoms with Gasteiger partial charge in [-0.1, -0.05) is 23.7 Å². The molecule has 1 aliphatic heterocycles. The molecular formula is C16H13ClN4O2. The number of pyridine rings is 1. The van der Waals surface area contributed by atoms with E-state index in [1.54, 1.807) is 42.6 Å².